The Kier molecular flexibility index (Phi) is 3.66. The van der Waals surface area contributed by atoms with Gasteiger partial charge in [-0.3, -0.25) is 0 Å². The van der Waals surface area contributed by atoms with Crippen LogP contribution in [0.3, 0.4) is 0 Å². The van der Waals surface area contributed by atoms with Gasteiger partial charge in [0.05, 0.1) is 5.39 Å². The van der Waals surface area contributed by atoms with Crippen molar-refractivity contribution in [2.24, 2.45) is 5.92 Å². The average molecular weight is 276 g/mol. The first-order valence-corrected chi connectivity index (χ1v) is 7.70. The number of rotatable bonds is 3. The van der Waals surface area contributed by atoms with Crippen molar-refractivity contribution in [1.82, 2.24) is 14.9 Å². The second kappa shape index (κ2) is 5.43. The van der Waals surface area contributed by atoms with Gasteiger partial charge in [-0.05, 0) is 43.8 Å². The molecule has 0 radical (unpaired) electrons. The second-order valence-electron chi connectivity index (χ2n) is 5.49. The van der Waals surface area contributed by atoms with Crippen LogP contribution in [-0.2, 0) is 0 Å². The van der Waals surface area contributed by atoms with Crippen LogP contribution in [-0.4, -0.2) is 48.6 Å². The van der Waals surface area contributed by atoms with Gasteiger partial charge in [0.25, 0.3) is 0 Å². The first-order chi connectivity index (χ1) is 9.24. The third-order valence-corrected chi connectivity index (χ3v) is 4.68. The van der Waals surface area contributed by atoms with Gasteiger partial charge < -0.3 is 9.80 Å². The quantitative estimate of drug-likeness (QED) is 0.862. The van der Waals surface area contributed by atoms with Gasteiger partial charge in [-0.25, -0.2) is 9.97 Å². The Bertz CT molecular complexity index is 553. The number of fused-ring (bicyclic) bond motifs is 1. The fourth-order valence-corrected chi connectivity index (χ4v) is 3.70. The van der Waals surface area contributed by atoms with E-state index >= 15 is 0 Å². The van der Waals surface area contributed by atoms with Gasteiger partial charge in [-0.15, -0.1) is 11.3 Å². The number of piperidine rings is 1. The van der Waals surface area contributed by atoms with E-state index in [2.05, 4.69) is 45.3 Å². The van der Waals surface area contributed by atoms with Crippen molar-refractivity contribution in [3.63, 3.8) is 0 Å². The van der Waals surface area contributed by atoms with Crippen LogP contribution in [0.15, 0.2) is 17.8 Å². The van der Waals surface area contributed by atoms with Crippen LogP contribution >= 0.6 is 11.3 Å². The largest absolute Gasteiger partial charge is 0.359 e. The molecule has 102 valence electrons. The molecule has 0 spiro atoms. The molecular weight excluding hydrogens is 256 g/mol. The normalized spacial score (nSPS) is 20.8. The Morgan fingerprint density at radius 2 is 2.37 bits per heavy atom. The smallest absolute Gasteiger partial charge is 0.140 e. The van der Waals surface area contributed by atoms with Crippen molar-refractivity contribution < 1.29 is 0 Å². The summed E-state index contributed by atoms with van der Waals surface area (Å²) in [4.78, 5) is 14.6. The summed E-state index contributed by atoms with van der Waals surface area (Å²) >= 11 is 1.68. The van der Waals surface area contributed by atoms with Crippen LogP contribution < -0.4 is 4.90 Å². The van der Waals surface area contributed by atoms with E-state index in [4.69, 9.17) is 0 Å². The SMILES string of the molecule is CN1CCCC(CN(C)c2ncnc3sccc23)C1. The molecule has 1 aliphatic heterocycles. The summed E-state index contributed by atoms with van der Waals surface area (Å²) < 4.78 is 0. The molecule has 2 aromatic rings. The van der Waals surface area contributed by atoms with Crippen molar-refractivity contribution in [3.8, 4) is 0 Å². The van der Waals surface area contributed by atoms with Crippen LogP contribution in [0.1, 0.15) is 12.8 Å². The second-order valence-corrected chi connectivity index (χ2v) is 6.38. The van der Waals surface area contributed by atoms with E-state index < -0.39 is 0 Å². The Balaban J connectivity index is 1.76. The fourth-order valence-electron chi connectivity index (χ4n) is 2.98. The van der Waals surface area contributed by atoms with E-state index in [-0.39, 0.29) is 0 Å². The molecule has 1 fully saturated rings. The number of hydrogen-bond donors (Lipinski definition) is 0. The van der Waals surface area contributed by atoms with E-state index in [1.54, 1.807) is 17.7 Å². The molecule has 0 amide bonds. The molecule has 5 heteroatoms. The first kappa shape index (κ1) is 12.8. The summed E-state index contributed by atoms with van der Waals surface area (Å²) in [6.45, 7) is 3.51. The molecular formula is C14H20N4S. The highest BCUT2D eigenvalue weighted by Gasteiger charge is 2.20. The Hall–Kier alpha value is -1.20. The molecule has 3 rings (SSSR count). The van der Waals surface area contributed by atoms with Gasteiger partial charge in [0.15, 0.2) is 0 Å². The number of likely N-dealkylation sites (tertiary alicyclic amines) is 1. The topological polar surface area (TPSA) is 32.3 Å². The zero-order chi connectivity index (χ0) is 13.2. The standard InChI is InChI=1S/C14H20N4S/c1-17-6-3-4-11(8-17)9-18(2)13-12-5-7-19-14(12)16-10-15-13/h5,7,10-11H,3-4,6,8-9H2,1-2H3. The maximum atomic E-state index is 4.47. The van der Waals surface area contributed by atoms with Crippen LogP contribution in [0, 0.1) is 5.92 Å². The fraction of sp³-hybridized carbons (Fsp3) is 0.571. The van der Waals surface area contributed by atoms with E-state index in [1.165, 1.54) is 31.3 Å². The molecule has 0 aliphatic carbocycles. The molecule has 1 aliphatic rings. The predicted octanol–water partition coefficient (Wildman–Crippen LogP) is 2.47. The van der Waals surface area contributed by atoms with E-state index in [0.29, 0.717) is 0 Å². The molecule has 0 aromatic carbocycles. The minimum Gasteiger partial charge on any atom is -0.359 e. The summed E-state index contributed by atoms with van der Waals surface area (Å²) in [5.41, 5.74) is 0. The van der Waals surface area contributed by atoms with Gasteiger partial charge in [-0.2, -0.15) is 0 Å². The first-order valence-electron chi connectivity index (χ1n) is 6.82. The highest BCUT2D eigenvalue weighted by molar-refractivity contribution is 7.16. The number of hydrogen-bond acceptors (Lipinski definition) is 5. The van der Waals surface area contributed by atoms with Crippen molar-refractivity contribution in [2.45, 2.75) is 12.8 Å². The molecule has 19 heavy (non-hydrogen) atoms. The Morgan fingerprint density at radius 1 is 1.47 bits per heavy atom. The number of thiophene rings is 1. The molecule has 3 heterocycles. The number of anilines is 1. The minimum atomic E-state index is 0.743. The van der Waals surface area contributed by atoms with Gasteiger partial charge >= 0.3 is 0 Å². The van der Waals surface area contributed by atoms with Gasteiger partial charge in [0.2, 0.25) is 0 Å². The summed E-state index contributed by atoms with van der Waals surface area (Å²) in [6.07, 6.45) is 4.32. The van der Waals surface area contributed by atoms with Crippen molar-refractivity contribution in [2.75, 3.05) is 38.6 Å². The molecule has 0 N–H and O–H groups in total. The number of aromatic nitrogens is 2. The van der Waals surface area contributed by atoms with Crippen molar-refractivity contribution in [1.29, 1.82) is 0 Å². The number of nitrogens with zero attached hydrogens (tertiary/aromatic N) is 4. The van der Waals surface area contributed by atoms with Crippen LogP contribution in [0.2, 0.25) is 0 Å². The van der Waals surface area contributed by atoms with Crippen LogP contribution in [0.25, 0.3) is 10.2 Å². The minimum absolute atomic E-state index is 0.743. The van der Waals surface area contributed by atoms with Gasteiger partial charge in [0.1, 0.15) is 17.0 Å². The zero-order valence-electron chi connectivity index (χ0n) is 11.5. The third kappa shape index (κ3) is 2.72. The molecule has 1 atom stereocenters. The van der Waals surface area contributed by atoms with Gasteiger partial charge in [0, 0.05) is 20.1 Å². The molecule has 0 bridgehead atoms. The van der Waals surface area contributed by atoms with Crippen LogP contribution in [0.4, 0.5) is 5.82 Å². The lowest BCUT2D eigenvalue weighted by Gasteiger charge is -2.32. The molecule has 4 nitrogen and oxygen atoms in total. The lowest BCUT2D eigenvalue weighted by atomic mass is 9.98. The van der Waals surface area contributed by atoms with Crippen molar-refractivity contribution in [3.05, 3.63) is 17.8 Å². The highest BCUT2D eigenvalue weighted by atomic mass is 32.1. The Labute approximate surface area is 118 Å². The third-order valence-electron chi connectivity index (χ3n) is 3.86. The molecule has 0 saturated carbocycles. The van der Waals surface area contributed by atoms with Crippen LogP contribution in [0.5, 0.6) is 0 Å². The van der Waals surface area contributed by atoms with E-state index in [9.17, 15) is 0 Å². The summed E-state index contributed by atoms with van der Waals surface area (Å²) in [6, 6.07) is 2.12. The maximum Gasteiger partial charge on any atom is 0.140 e. The maximum absolute atomic E-state index is 4.47. The average Bonchev–Trinajstić information content (AvgIpc) is 2.86. The lowest BCUT2D eigenvalue weighted by Crippen LogP contribution is -2.38. The van der Waals surface area contributed by atoms with E-state index in [1.807, 2.05) is 0 Å². The monoisotopic (exact) mass is 276 g/mol. The lowest BCUT2D eigenvalue weighted by molar-refractivity contribution is 0.213. The van der Waals surface area contributed by atoms with Gasteiger partial charge in [-0.1, -0.05) is 0 Å². The summed E-state index contributed by atoms with van der Waals surface area (Å²) in [5, 5.41) is 3.27. The predicted molar refractivity (Wildman–Crippen MR) is 80.9 cm³/mol. The molecule has 1 unspecified atom stereocenters. The summed E-state index contributed by atoms with van der Waals surface area (Å²) in [5.74, 6) is 1.81. The van der Waals surface area contributed by atoms with Crippen molar-refractivity contribution >= 4 is 27.4 Å². The molecule has 1 saturated heterocycles. The molecule has 2 aromatic heterocycles. The Morgan fingerprint density at radius 3 is 3.21 bits per heavy atom. The highest BCUT2D eigenvalue weighted by Crippen LogP contribution is 2.27. The summed E-state index contributed by atoms with van der Waals surface area (Å²) in [7, 11) is 4.36. The zero-order valence-corrected chi connectivity index (χ0v) is 12.4. The van der Waals surface area contributed by atoms with E-state index in [0.717, 1.165) is 23.1 Å².